The second kappa shape index (κ2) is 8.97. The maximum absolute atomic E-state index is 12.9. The van der Waals surface area contributed by atoms with Gasteiger partial charge in [0.1, 0.15) is 0 Å². The van der Waals surface area contributed by atoms with E-state index >= 15 is 0 Å². The molecule has 1 aromatic carbocycles. The van der Waals surface area contributed by atoms with E-state index in [0.717, 1.165) is 12.0 Å². The molecular weight excluding hydrogens is 352 g/mol. The zero-order chi connectivity index (χ0) is 19.3. The van der Waals surface area contributed by atoms with Crippen LogP contribution < -0.4 is 0 Å². The Hall–Kier alpha value is -1.44. The molecule has 0 spiro atoms. The van der Waals surface area contributed by atoms with Crippen LogP contribution in [0.15, 0.2) is 29.2 Å². The van der Waals surface area contributed by atoms with E-state index in [-0.39, 0.29) is 12.6 Å². The lowest BCUT2D eigenvalue weighted by molar-refractivity contribution is -0.139. The van der Waals surface area contributed by atoms with Crippen LogP contribution in [-0.4, -0.2) is 60.9 Å². The first-order chi connectivity index (χ1) is 12.3. The van der Waals surface area contributed by atoms with Crippen LogP contribution in [0, 0.1) is 0 Å². The summed E-state index contributed by atoms with van der Waals surface area (Å²) in [7, 11) is -3.49. The van der Waals surface area contributed by atoms with E-state index in [1.807, 2.05) is 24.0 Å². The van der Waals surface area contributed by atoms with E-state index < -0.39 is 16.0 Å². The van der Waals surface area contributed by atoms with Gasteiger partial charge < -0.3 is 5.11 Å². The summed E-state index contributed by atoms with van der Waals surface area (Å²) in [5.74, 6) is -0.431. The largest absolute Gasteiger partial charge is 0.480 e. The molecule has 26 heavy (non-hydrogen) atoms. The van der Waals surface area contributed by atoms with Crippen molar-refractivity contribution in [2.45, 2.75) is 56.9 Å². The van der Waals surface area contributed by atoms with Gasteiger partial charge >= 0.3 is 5.97 Å². The number of likely N-dealkylation sites (N-methyl/N-ethyl adjacent to an activating group) is 1. The molecule has 2 rings (SSSR count). The van der Waals surface area contributed by atoms with E-state index in [1.54, 1.807) is 12.1 Å². The van der Waals surface area contributed by atoms with Gasteiger partial charge in [0.05, 0.1) is 11.4 Å². The van der Waals surface area contributed by atoms with E-state index in [0.29, 0.717) is 43.3 Å². The zero-order valence-electron chi connectivity index (χ0n) is 15.9. The lowest BCUT2D eigenvalue weighted by Crippen LogP contribution is -2.48. The Labute approximate surface area is 156 Å². The van der Waals surface area contributed by atoms with Gasteiger partial charge in [-0.3, -0.25) is 9.69 Å². The van der Waals surface area contributed by atoms with Crippen molar-refractivity contribution in [1.29, 1.82) is 0 Å². The Bertz CT molecular complexity index is 695. The van der Waals surface area contributed by atoms with E-state index in [4.69, 9.17) is 5.11 Å². The van der Waals surface area contributed by atoms with Gasteiger partial charge in [-0.2, -0.15) is 4.31 Å². The van der Waals surface area contributed by atoms with Crippen molar-refractivity contribution in [2.24, 2.45) is 0 Å². The normalized spacial score (nSPS) is 18.2. The minimum absolute atomic E-state index is 0.00495. The van der Waals surface area contributed by atoms with Crippen LogP contribution in [0.5, 0.6) is 0 Å². The summed E-state index contributed by atoms with van der Waals surface area (Å²) >= 11 is 0. The molecule has 0 aromatic heterocycles. The highest BCUT2D eigenvalue weighted by molar-refractivity contribution is 7.89. The average Bonchev–Trinajstić information content (AvgIpc) is 2.65. The first kappa shape index (κ1) is 20.9. The van der Waals surface area contributed by atoms with Gasteiger partial charge in [-0.25, -0.2) is 8.42 Å². The Kier molecular flexibility index (Phi) is 7.20. The predicted octanol–water partition coefficient (Wildman–Crippen LogP) is 2.76. The molecule has 7 heteroatoms. The maximum atomic E-state index is 12.9. The molecule has 1 aliphatic heterocycles. The molecule has 1 aromatic rings. The molecule has 0 bridgehead atoms. The van der Waals surface area contributed by atoms with Gasteiger partial charge in [0.15, 0.2) is 0 Å². The van der Waals surface area contributed by atoms with Crippen molar-refractivity contribution in [3.05, 3.63) is 29.8 Å². The Balaban J connectivity index is 2.04. The van der Waals surface area contributed by atoms with Gasteiger partial charge in [0, 0.05) is 19.1 Å². The number of carboxylic acids is 1. The van der Waals surface area contributed by atoms with Gasteiger partial charge in [0.2, 0.25) is 10.0 Å². The third-order valence-corrected chi connectivity index (χ3v) is 7.30. The molecule has 1 N–H and O–H groups in total. The number of carboxylic acid groups (broad SMARTS) is 1. The summed E-state index contributed by atoms with van der Waals surface area (Å²) in [6.07, 6.45) is 2.33. The van der Waals surface area contributed by atoms with Crippen molar-refractivity contribution < 1.29 is 18.3 Å². The Morgan fingerprint density at radius 1 is 1.23 bits per heavy atom. The van der Waals surface area contributed by atoms with E-state index in [2.05, 4.69) is 13.8 Å². The highest BCUT2D eigenvalue weighted by atomic mass is 32.2. The highest BCUT2D eigenvalue weighted by Crippen LogP contribution is 2.25. The number of piperidine rings is 1. The number of rotatable bonds is 8. The molecular formula is C19H30N2O4S. The van der Waals surface area contributed by atoms with Crippen LogP contribution in [-0.2, 0) is 14.8 Å². The number of carbonyl (C=O) groups is 1. The molecule has 0 saturated carbocycles. The first-order valence-electron chi connectivity index (χ1n) is 9.35. The molecule has 0 amide bonds. The van der Waals surface area contributed by atoms with Crippen LogP contribution in [0.4, 0.5) is 0 Å². The molecule has 6 nitrogen and oxygen atoms in total. The fraction of sp³-hybridized carbons (Fsp3) is 0.632. The zero-order valence-corrected chi connectivity index (χ0v) is 16.7. The van der Waals surface area contributed by atoms with Crippen LogP contribution in [0.2, 0.25) is 0 Å². The number of nitrogens with zero attached hydrogens (tertiary/aromatic N) is 2. The van der Waals surface area contributed by atoms with Crippen LogP contribution in [0.3, 0.4) is 0 Å². The maximum Gasteiger partial charge on any atom is 0.317 e. The molecule has 146 valence electrons. The third-order valence-electron chi connectivity index (χ3n) is 5.38. The Morgan fingerprint density at radius 2 is 1.81 bits per heavy atom. The molecule has 1 unspecified atom stereocenters. The van der Waals surface area contributed by atoms with E-state index in [9.17, 15) is 13.2 Å². The van der Waals surface area contributed by atoms with E-state index in [1.165, 1.54) is 4.31 Å². The number of hydrogen-bond donors (Lipinski definition) is 1. The Morgan fingerprint density at radius 3 is 2.27 bits per heavy atom. The SMILES string of the molecule is CCC(C)c1ccc(S(=O)(=O)N2CCC(N(CC)CC(=O)O)CC2)cc1. The summed E-state index contributed by atoms with van der Waals surface area (Å²) in [5, 5.41) is 9.01. The fourth-order valence-electron chi connectivity index (χ4n) is 3.47. The number of hydrogen-bond acceptors (Lipinski definition) is 4. The molecule has 1 heterocycles. The first-order valence-corrected chi connectivity index (χ1v) is 10.8. The number of aliphatic carboxylic acids is 1. The molecule has 1 saturated heterocycles. The minimum Gasteiger partial charge on any atom is -0.480 e. The monoisotopic (exact) mass is 382 g/mol. The quantitative estimate of drug-likeness (QED) is 0.748. The molecule has 0 radical (unpaired) electrons. The third kappa shape index (κ3) is 4.84. The lowest BCUT2D eigenvalue weighted by Gasteiger charge is -2.36. The summed E-state index contributed by atoms with van der Waals surface area (Å²) < 4.78 is 27.3. The summed E-state index contributed by atoms with van der Waals surface area (Å²) in [6.45, 7) is 7.69. The second-order valence-corrected chi connectivity index (χ2v) is 8.91. The van der Waals surface area contributed by atoms with Gasteiger partial charge in [-0.05, 0) is 49.4 Å². The van der Waals surface area contributed by atoms with Crippen LogP contribution in [0.1, 0.15) is 51.5 Å². The fourth-order valence-corrected chi connectivity index (χ4v) is 4.94. The standard InChI is InChI=1S/C19H30N2O4S/c1-4-15(3)16-6-8-18(9-7-16)26(24,25)21-12-10-17(11-13-21)20(5-2)14-19(22)23/h6-9,15,17H,4-5,10-14H2,1-3H3,(H,22,23). The van der Waals surface area contributed by atoms with Gasteiger partial charge in [-0.15, -0.1) is 0 Å². The smallest absolute Gasteiger partial charge is 0.317 e. The molecule has 0 aliphatic carbocycles. The van der Waals surface area contributed by atoms with Crippen LogP contribution in [0.25, 0.3) is 0 Å². The topological polar surface area (TPSA) is 77.9 Å². The summed E-state index contributed by atoms with van der Waals surface area (Å²) in [5.41, 5.74) is 1.15. The van der Waals surface area contributed by atoms with Gasteiger partial charge in [0.25, 0.3) is 0 Å². The van der Waals surface area contributed by atoms with Crippen LogP contribution >= 0.6 is 0 Å². The number of benzene rings is 1. The molecule has 1 aliphatic rings. The minimum atomic E-state index is -3.49. The van der Waals surface area contributed by atoms with Gasteiger partial charge in [-0.1, -0.05) is 32.9 Å². The van der Waals surface area contributed by atoms with Crippen molar-refractivity contribution in [3.63, 3.8) is 0 Å². The van der Waals surface area contributed by atoms with Crippen molar-refractivity contribution in [1.82, 2.24) is 9.21 Å². The molecule has 1 fully saturated rings. The van der Waals surface area contributed by atoms with Crippen molar-refractivity contribution in [3.8, 4) is 0 Å². The molecule has 1 atom stereocenters. The predicted molar refractivity (Wildman–Crippen MR) is 102 cm³/mol. The van der Waals surface area contributed by atoms with Crippen molar-refractivity contribution in [2.75, 3.05) is 26.2 Å². The summed E-state index contributed by atoms with van der Waals surface area (Å²) in [4.78, 5) is 13.2. The van der Waals surface area contributed by atoms with Crippen molar-refractivity contribution >= 4 is 16.0 Å². The average molecular weight is 383 g/mol. The highest BCUT2D eigenvalue weighted by Gasteiger charge is 2.31. The second-order valence-electron chi connectivity index (χ2n) is 6.97. The lowest BCUT2D eigenvalue weighted by atomic mass is 9.99. The summed E-state index contributed by atoms with van der Waals surface area (Å²) in [6, 6.07) is 7.33. The number of sulfonamides is 1.